The van der Waals surface area contributed by atoms with Gasteiger partial charge in [0.15, 0.2) is 0 Å². The van der Waals surface area contributed by atoms with Crippen LogP contribution in [-0.2, 0) is 0 Å². The van der Waals surface area contributed by atoms with E-state index in [1.807, 2.05) is 6.92 Å². The fourth-order valence-electron chi connectivity index (χ4n) is 0.480. The van der Waals surface area contributed by atoms with E-state index in [1.165, 1.54) is 6.08 Å². The monoisotopic (exact) mass is 178 g/mol. The summed E-state index contributed by atoms with van der Waals surface area (Å²) < 4.78 is 35.7. The third-order valence-electron chi connectivity index (χ3n) is 1.62. The molecule has 0 saturated carbocycles. The highest BCUT2D eigenvalue weighted by atomic mass is 19.4. The molecule has 0 radical (unpaired) electrons. The van der Waals surface area contributed by atoms with Gasteiger partial charge in [0.05, 0.1) is 0 Å². The zero-order valence-corrected chi connectivity index (χ0v) is 7.50. The number of allylic oxidation sites excluding steroid dienone is 4. The Hall–Kier alpha value is -0.730. The van der Waals surface area contributed by atoms with Gasteiger partial charge in [0.1, 0.15) is 0 Å². The van der Waals surface area contributed by atoms with Gasteiger partial charge in [0.25, 0.3) is 0 Å². The average Bonchev–Trinajstić information content (AvgIpc) is 1.97. The average molecular weight is 178 g/mol. The molecule has 12 heavy (non-hydrogen) atoms. The van der Waals surface area contributed by atoms with Gasteiger partial charge in [0, 0.05) is 5.57 Å². The fourth-order valence-corrected chi connectivity index (χ4v) is 0.480. The number of halogens is 3. The molecule has 0 saturated heterocycles. The zero-order valence-electron chi connectivity index (χ0n) is 7.50. The summed E-state index contributed by atoms with van der Waals surface area (Å²) in [5.41, 5.74) is 0.383. The van der Waals surface area contributed by atoms with Gasteiger partial charge in [0.2, 0.25) is 0 Å². The smallest absolute Gasteiger partial charge is 0.166 e. The minimum absolute atomic E-state index is 0.560. The van der Waals surface area contributed by atoms with Crippen molar-refractivity contribution >= 4 is 0 Å². The molecule has 0 rings (SSSR count). The normalized spacial score (nSPS) is 15.2. The van der Waals surface area contributed by atoms with Crippen LogP contribution in [0, 0.1) is 0 Å². The van der Waals surface area contributed by atoms with Gasteiger partial charge in [-0.1, -0.05) is 24.6 Å². The molecule has 0 aliphatic carbocycles. The highest BCUT2D eigenvalue weighted by Gasteiger charge is 2.29. The summed E-state index contributed by atoms with van der Waals surface area (Å²) >= 11 is 0. The molecule has 0 fully saturated rings. The molecule has 70 valence electrons. The minimum atomic E-state index is -4.19. The first-order valence-corrected chi connectivity index (χ1v) is 3.79. The summed E-state index contributed by atoms with van der Waals surface area (Å²) in [6, 6.07) is 0. The Morgan fingerprint density at radius 2 is 1.67 bits per heavy atom. The van der Waals surface area contributed by atoms with E-state index in [0.717, 1.165) is 25.0 Å². The first kappa shape index (κ1) is 11.3. The summed E-state index contributed by atoms with van der Waals surface area (Å²) in [7, 11) is 0. The minimum Gasteiger partial charge on any atom is -0.166 e. The van der Waals surface area contributed by atoms with Gasteiger partial charge in [-0.2, -0.15) is 13.2 Å². The van der Waals surface area contributed by atoms with Gasteiger partial charge < -0.3 is 0 Å². The SMILES string of the molecule is CC/C(C)=C/C=C(\C)C(F)(F)F. The third-order valence-corrected chi connectivity index (χ3v) is 1.62. The quantitative estimate of drug-likeness (QED) is 0.563. The molecule has 0 aromatic rings. The van der Waals surface area contributed by atoms with Crippen molar-refractivity contribution in [3.8, 4) is 0 Å². The highest BCUT2D eigenvalue weighted by molar-refractivity contribution is 5.18. The van der Waals surface area contributed by atoms with Crippen LogP contribution in [0.4, 0.5) is 13.2 Å². The van der Waals surface area contributed by atoms with Crippen molar-refractivity contribution < 1.29 is 13.2 Å². The number of rotatable bonds is 2. The summed E-state index contributed by atoms with van der Waals surface area (Å²) in [5, 5.41) is 0. The van der Waals surface area contributed by atoms with Crippen LogP contribution in [0.25, 0.3) is 0 Å². The van der Waals surface area contributed by atoms with Crippen LogP contribution in [0.3, 0.4) is 0 Å². The van der Waals surface area contributed by atoms with Crippen LogP contribution in [0.1, 0.15) is 27.2 Å². The summed E-state index contributed by atoms with van der Waals surface area (Å²) in [4.78, 5) is 0. The largest absolute Gasteiger partial charge is 0.412 e. The van der Waals surface area contributed by atoms with Gasteiger partial charge >= 0.3 is 6.18 Å². The Morgan fingerprint density at radius 1 is 1.17 bits per heavy atom. The molecule has 0 bridgehead atoms. The van der Waals surface area contributed by atoms with Crippen molar-refractivity contribution in [2.45, 2.75) is 33.4 Å². The maximum atomic E-state index is 11.9. The molecular formula is C9H13F3. The summed E-state index contributed by atoms with van der Waals surface area (Å²) in [6.07, 6.45) is -0.798. The van der Waals surface area contributed by atoms with Crippen LogP contribution in [0.2, 0.25) is 0 Å². The zero-order chi connectivity index (χ0) is 9.78. The summed E-state index contributed by atoms with van der Waals surface area (Å²) in [6.45, 7) is 4.78. The Kier molecular flexibility index (Phi) is 4.07. The highest BCUT2D eigenvalue weighted by Crippen LogP contribution is 2.24. The van der Waals surface area contributed by atoms with Gasteiger partial charge in [-0.25, -0.2) is 0 Å². The molecule has 0 aromatic heterocycles. The topological polar surface area (TPSA) is 0 Å². The van der Waals surface area contributed by atoms with E-state index in [-0.39, 0.29) is 0 Å². The molecule has 0 heterocycles. The second-order valence-electron chi connectivity index (χ2n) is 2.71. The molecular weight excluding hydrogens is 165 g/mol. The van der Waals surface area contributed by atoms with Crippen LogP contribution >= 0.6 is 0 Å². The maximum absolute atomic E-state index is 11.9. The van der Waals surface area contributed by atoms with Crippen LogP contribution in [-0.4, -0.2) is 6.18 Å². The van der Waals surface area contributed by atoms with E-state index in [1.54, 1.807) is 6.92 Å². The molecule has 0 N–H and O–H groups in total. The van der Waals surface area contributed by atoms with Crippen LogP contribution in [0.15, 0.2) is 23.3 Å². The number of alkyl halides is 3. The molecule has 0 atom stereocenters. The molecule has 0 aliphatic heterocycles. The predicted molar refractivity (Wildman–Crippen MR) is 43.9 cm³/mol. The van der Waals surface area contributed by atoms with Gasteiger partial charge in [-0.3, -0.25) is 0 Å². The van der Waals surface area contributed by atoms with E-state index in [9.17, 15) is 13.2 Å². The second kappa shape index (κ2) is 4.33. The first-order valence-electron chi connectivity index (χ1n) is 3.79. The van der Waals surface area contributed by atoms with E-state index in [0.29, 0.717) is 0 Å². The van der Waals surface area contributed by atoms with Crippen molar-refractivity contribution in [3.63, 3.8) is 0 Å². The number of hydrogen-bond donors (Lipinski definition) is 0. The van der Waals surface area contributed by atoms with Crippen molar-refractivity contribution in [2.75, 3.05) is 0 Å². The van der Waals surface area contributed by atoms with E-state index in [2.05, 4.69) is 0 Å². The van der Waals surface area contributed by atoms with E-state index >= 15 is 0 Å². The maximum Gasteiger partial charge on any atom is 0.412 e. The fraction of sp³-hybridized carbons (Fsp3) is 0.556. The van der Waals surface area contributed by atoms with Crippen LogP contribution in [0.5, 0.6) is 0 Å². The molecule has 0 aliphatic rings. The molecule has 3 heteroatoms. The summed E-state index contributed by atoms with van der Waals surface area (Å²) in [5.74, 6) is 0. The second-order valence-corrected chi connectivity index (χ2v) is 2.71. The van der Waals surface area contributed by atoms with E-state index < -0.39 is 11.7 Å². The lowest BCUT2D eigenvalue weighted by molar-refractivity contribution is -0.0912. The lowest BCUT2D eigenvalue weighted by Crippen LogP contribution is -2.08. The first-order chi connectivity index (χ1) is 5.38. The van der Waals surface area contributed by atoms with Crippen molar-refractivity contribution in [1.82, 2.24) is 0 Å². The lowest BCUT2D eigenvalue weighted by Gasteiger charge is -2.04. The lowest BCUT2D eigenvalue weighted by atomic mass is 10.2. The van der Waals surface area contributed by atoms with Crippen molar-refractivity contribution in [2.24, 2.45) is 0 Å². The van der Waals surface area contributed by atoms with Crippen molar-refractivity contribution in [1.29, 1.82) is 0 Å². The van der Waals surface area contributed by atoms with Gasteiger partial charge in [-0.05, 0) is 20.3 Å². The Bertz CT molecular complexity index is 196. The van der Waals surface area contributed by atoms with E-state index in [4.69, 9.17) is 0 Å². The van der Waals surface area contributed by atoms with Gasteiger partial charge in [-0.15, -0.1) is 0 Å². The molecule has 0 nitrogen and oxygen atoms in total. The van der Waals surface area contributed by atoms with Crippen molar-refractivity contribution in [3.05, 3.63) is 23.3 Å². The Balaban J connectivity index is 4.39. The number of hydrogen-bond acceptors (Lipinski definition) is 0. The molecule has 0 unspecified atom stereocenters. The standard InChI is InChI=1S/C9H13F3/c1-4-7(2)5-6-8(3)9(10,11)12/h5-6H,4H2,1-3H3/b7-5+,8-6+. The molecule has 0 aromatic carbocycles. The van der Waals surface area contributed by atoms with Crippen LogP contribution < -0.4 is 0 Å². The Morgan fingerprint density at radius 3 is 2.00 bits per heavy atom. The molecule has 0 amide bonds. The Labute approximate surface area is 70.8 Å². The molecule has 0 spiro atoms. The third kappa shape index (κ3) is 4.21. The predicted octanol–water partition coefficient (Wildman–Crippen LogP) is 3.85.